The summed E-state index contributed by atoms with van der Waals surface area (Å²) in [4.78, 5) is 13.8. The Bertz CT molecular complexity index is 265. The Labute approximate surface area is 91.3 Å². The molecule has 1 aliphatic rings. The number of amides is 1. The van der Waals surface area contributed by atoms with Crippen molar-refractivity contribution in [2.24, 2.45) is 5.73 Å². The Morgan fingerprint density at radius 2 is 2.20 bits per heavy atom. The van der Waals surface area contributed by atoms with Gasteiger partial charge in [-0.25, -0.2) is 0 Å². The van der Waals surface area contributed by atoms with Crippen LogP contribution in [0.15, 0.2) is 0 Å². The molecule has 0 aliphatic carbocycles. The minimum atomic E-state index is -0.410. The zero-order valence-corrected chi connectivity index (χ0v) is 9.79. The third-order valence-electron chi connectivity index (χ3n) is 3.18. The number of hydrogen-bond donors (Lipinski definition) is 2. The largest absolute Gasteiger partial charge is 0.330 e. The lowest BCUT2D eigenvalue weighted by molar-refractivity contribution is -0.134. The molecule has 0 unspecified atom stereocenters. The molecule has 0 aromatic heterocycles. The molecule has 4 heteroatoms. The summed E-state index contributed by atoms with van der Waals surface area (Å²) in [6.07, 6.45) is 2.54. The first-order chi connectivity index (χ1) is 6.99. The van der Waals surface area contributed by atoms with Gasteiger partial charge in [-0.05, 0) is 33.1 Å². The first-order valence-corrected chi connectivity index (χ1v) is 5.61. The summed E-state index contributed by atoms with van der Waals surface area (Å²) < 4.78 is 0. The predicted molar refractivity (Wildman–Crippen MR) is 61.0 cm³/mol. The molecule has 86 valence electrons. The molecular weight excluding hydrogens is 190 g/mol. The van der Waals surface area contributed by atoms with E-state index in [1.54, 1.807) is 11.8 Å². The smallest absolute Gasteiger partial charge is 0.240 e. The van der Waals surface area contributed by atoms with E-state index in [1.165, 1.54) is 0 Å². The van der Waals surface area contributed by atoms with E-state index < -0.39 is 6.04 Å². The quantitative estimate of drug-likeness (QED) is 0.687. The molecule has 0 aromatic carbocycles. The molecule has 3 N–H and O–H groups in total. The third-order valence-corrected chi connectivity index (χ3v) is 3.18. The lowest BCUT2D eigenvalue weighted by atomic mass is 10.1. The summed E-state index contributed by atoms with van der Waals surface area (Å²) in [6.45, 7) is 5.71. The van der Waals surface area contributed by atoms with Crippen molar-refractivity contribution < 1.29 is 4.79 Å². The van der Waals surface area contributed by atoms with Crippen molar-refractivity contribution in [2.45, 2.75) is 58.2 Å². The maximum atomic E-state index is 12.0. The molecule has 1 amide bonds. The summed E-state index contributed by atoms with van der Waals surface area (Å²) in [7, 11) is 0. The molecule has 0 aromatic rings. The highest BCUT2D eigenvalue weighted by Gasteiger charge is 2.36. The molecule has 1 heterocycles. The number of carbonyl (C=O) groups excluding carboxylic acids is 1. The van der Waals surface area contributed by atoms with E-state index in [0.29, 0.717) is 12.1 Å². The van der Waals surface area contributed by atoms with Gasteiger partial charge in [-0.15, -0.1) is 0 Å². The molecule has 1 aliphatic heterocycles. The number of hydrogen-bond acceptors (Lipinski definition) is 3. The van der Waals surface area contributed by atoms with Crippen LogP contribution in [0.3, 0.4) is 0 Å². The van der Waals surface area contributed by atoms with Crippen molar-refractivity contribution in [2.75, 3.05) is 0 Å². The van der Waals surface area contributed by atoms with Crippen LogP contribution in [-0.4, -0.2) is 34.6 Å². The Kier molecular flexibility index (Phi) is 3.85. The van der Waals surface area contributed by atoms with Crippen LogP contribution in [0.25, 0.3) is 0 Å². The van der Waals surface area contributed by atoms with Crippen LogP contribution in [0.4, 0.5) is 0 Å². The topological polar surface area (TPSA) is 70.2 Å². The maximum Gasteiger partial charge on any atom is 0.240 e. The maximum absolute atomic E-state index is 12.0. The molecule has 3 atom stereocenters. The van der Waals surface area contributed by atoms with Crippen LogP contribution in [0, 0.1) is 5.41 Å². The zero-order valence-electron chi connectivity index (χ0n) is 9.79. The van der Waals surface area contributed by atoms with Crippen molar-refractivity contribution in [3.05, 3.63) is 0 Å². The van der Waals surface area contributed by atoms with Gasteiger partial charge in [0.2, 0.25) is 5.91 Å². The highest BCUT2D eigenvalue weighted by molar-refractivity contribution is 5.91. The Hall–Kier alpha value is -0.900. The lowest BCUT2D eigenvalue weighted by Crippen LogP contribution is -2.50. The van der Waals surface area contributed by atoms with Crippen LogP contribution in [0.1, 0.15) is 40.0 Å². The highest BCUT2D eigenvalue weighted by Crippen LogP contribution is 2.25. The molecule has 1 rings (SSSR count). The van der Waals surface area contributed by atoms with E-state index in [1.807, 2.05) is 13.8 Å². The molecule has 0 bridgehead atoms. The third kappa shape index (κ3) is 2.37. The Morgan fingerprint density at radius 3 is 2.67 bits per heavy atom. The van der Waals surface area contributed by atoms with E-state index >= 15 is 0 Å². The normalized spacial score (nSPS) is 27.9. The molecule has 1 fully saturated rings. The van der Waals surface area contributed by atoms with Crippen LogP contribution in [0.5, 0.6) is 0 Å². The summed E-state index contributed by atoms with van der Waals surface area (Å²) >= 11 is 0. The second-order valence-electron chi connectivity index (χ2n) is 4.39. The minimum Gasteiger partial charge on any atom is -0.330 e. The van der Waals surface area contributed by atoms with Crippen molar-refractivity contribution in [1.82, 2.24) is 4.90 Å². The fourth-order valence-electron chi connectivity index (χ4n) is 2.15. The van der Waals surface area contributed by atoms with Crippen LogP contribution in [0.2, 0.25) is 0 Å². The molecule has 0 radical (unpaired) electrons. The number of likely N-dealkylation sites (tertiary alicyclic amines) is 1. The molecule has 4 nitrogen and oxygen atoms in total. The minimum absolute atomic E-state index is 0.000833. The van der Waals surface area contributed by atoms with E-state index in [9.17, 15) is 4.79 Å². The van der Waals surface area contributed by atoms with Crippen molar-refractivity contribution in [1.29, 1.82) is 5.41 Å². The number of nitrogens with zero attached hydrogens (tertiary/aromatic N) is 1. The first kappa shape index (κ1) is 12.2. The molecule has 1 saturated heterocycles. The fourth-order valence-corrected chi connectivity index (χ4v) is 2.15. The number of nitrogens with one attached hydrogen (secondary N) is 1. The van der Waals surface area contributed by atoms with Gasteiger partial charge >= 0.3 is 0 Å². The van der Waals surface area contributed by atoms with E-state index in [2.05, 4.69) is 0 Å². The van der Waals surface area contributed by atoms with Gasteiger partial charge in [0.15, 0.2) is 0 Å². The summed E-state index contributed by atoms with van der Waals surface area (Å²) in [5.41, 5.74) is 6.32. The van der Waals surface area contributed by atoms with Gasteiger partial charge in [0, 0.05) is 11.8 Å². The average molecular weight is 211 g/mol. The zero-order chi connectivity index (χ0) is 11.6. The molecule has 0 saturated carbocycles. The molecular formula is C11H21N3O. The summed E-state index contributed by atoms with van der Waals surface area (Å²) in [6, 6.07) is -0.210. The number of rotatable bonds is 3. The lowest BCUT2D eigenvalue weighted by Gasteiger charge is -2.30. The van der Waals surface area contributed by atoms with Gasteiger partial charge < -0.3 is 16.0 Å². The monoisotopic (exact) mass is 211 g/mol. The summed E-state index contributed by atoms with van der Waals surface area (Å²) in [5.74, 6) is -0.000833. The van der Waals surface area contributed by atoms with Crippen molar-refractivity contribution in [3.63, 3.8) is 0 Å². The molecule has 0 spiro atoms. The SMILES string of the molecule is CC[C@H](N)C(=O)N1[C@@H](C)CC[C@H]1C(C)=N. The van der Waals surface area contributed by atoms with Gasteiger partial charge in [-0.3, -0.25) is 4.79 Å². The van der Waals surface area contributed by atoms with Crippen LogP contribution in [-0.2, 0) is 4.79 Å². The second kappa shape index (κ2) is 4.75. The number of nitrogens with two attached hydrogens (primary N) is 1. The predicted octanol–water partition coefficient (Wildman–Crippen LogP) is 1.14. The van der Waals surface area contributed by atoms with Gasteiger partial charge in [-0.1, -0.05) is 6.92 Å². The first-order valence-electron chi connectivity index (χ1n) is 5.61. The molecule has 15 heavy (non-hydrogen) atoms. The van der Waals surface area contributed by atoms with Gasteiger partial charge in [0.1, 0.15) is 0 Å². The second-order valence-corrected chi connectivity index (χ2v) is 4.39. The Morgan fingerprint density at radius 1 is 1.60 bits per heavy atom. The fraction of sp³-hybridized carbons (Fsp3) is 0.818. The Balaban J connectivity index is 2.80. The van der Waals surface area contributed by atoms with Crippen molar-refractivity contribution >= 4 is 11.6 Å². The standard InChI is InChI=1S/C11H21N3O/c1-4-9(13)11(15)14-7(2)5-6-10(14)8(3)12/h7,9-10,12H,4-6,13H2,1-3H3/t7-,9-,10-/m0/s1. The van der Waals surface area contributed by atoms with E-state index in [4.69, 9.17) is 11.1 Å². The van der Waals surface area contributed by atoms with Crippen LogP contribution >= 0.6 is 0 Å². The number of carbonyl (C=O) groups is 1. The van der Waals surface area contributed by atoms with Gasteiger partial charge in [0.05, 0.1) is 12.1 Å². The van der Waals surface area contributed by atoms with Gasteiger partial charge in [0.25, 0.3) is 0 Å². The van der Waals surface area contributed by atoms with Crippen LogP contribution < -0.4 is 5.73 Å². The van der Waals surface area contributed by atoms with E-state index in [0.717, 1.165) is 12.8 Å². The summed E-state index contributed by atoms with van der Waals surface area (Å²) in [5, 5.41) is 7.67. The van der Waals surface area contributed by atoms with Gasteiger partial charge in [-0.2, -0.15) is 0 Å². The van der Waals surface area contributed by atoms with Crippen molar-refractivity contribution in [3.8, 4) is 0 Å². The highest BCUT2D eigenvalue weighted by atomic mass is 16.2. The van der Waals surface area contributed by atoms with E-state index in [-0.39, 0.29) is 18.0 Å². The average Bonchev–Trinajstić information content (AvgIpc) is 2.58.